The van der Waals surface area contributed by atoms with Gasteiger partial charge in [0.1, 0.15) is 5.75 Å². The minimum atomic E-state index is -0.235. The predicted molar refractivity (Wildman–Crippen MR) is 177 cm³/mol. The zero-order valence-corrected chi connectivity index (χ0v) is 26.3. The van der Waals surface area contributed by atoms with Crippen LogP contribution in [0, 0.1) is 5.92 Å². The third-order valence-electron chi connectivity index (χ3n) is 8.95. The van der Waals surface area contributed by atoms with Crippen LogP contribution in [0.5, 0.6) is 5.75 Å². The van der Waals surface area contributed by atoms with E-state index in [-0.39, 0.29) is 28.7 Å². The van der Waals surface area contributed by atoms with E-state index in [0.717, 1.165) is 41.2 Å². The van der Waals surface area contributed by atoms with Gasteiger partial charge in [-0.15, -0.1) is 0 Å². The number of hydrogen-bond donors (Lipinski definition) is 2. The van der Waals surface area contributed by atoms with E-state index in [1.54, 1.807) is 19.2 Å². The highest BCUT2D eigenvalue weighted by molar-refractivity contribution is 6.07. The summed E-state index contributed by atoms with van der Waals surface area (Å²) in [7, 11) is 1.62. The molecule has 8 nitrogen and oxygen atoms in total. The van der Waals surface area contributed by atoms with Crippen molar-refractivity contribution in [2.75, 3.05) is 30.4 Å². The van der Waals surface area contributed by atoms with Gasteiger partial charge in [-0.3, -0.25) is 14.4 Å². The third-order valence-corrected chi connectivity index (χ3v) is 8.95. The molecule has 232 valence electrons. The van der Waals surface area contributed by atoms with Crippen molar-refractivity contribution >= 4 is 23.2 Å². The van der Waals surface area contributed by atoms with Crippen LogP contribution in [-0.2, 0) is 18.5 Å². The Morgan fingerprint density at radius 3 is 2.31 bits per heavy atom. The van der Waals surface area contributed by atoms with Gasteiger partial charge in [0.05, 0.1) is 18.5 Å². The van der Waals surface area contributed by atoms with Crippen molar-refractivity contribution in [2.45, 2.75) is 51.6 Å². The summed E-state index contributed by atoms with van der Waals surface area (Å²) in [6.07, 6.45) is 1.02. The lowest BCUT2D eigenvalue weighted by atomic mass is 9.83. The molecule has 1 saturated heterocycles. The molecule has 0 unspecified atom stereocenters. The fraction of sp³-hybridized carbons (Fsp3) is 0.324. The number of carbonyl (C=O) groups is 2. The predicted octanol–water partition coefficient (Wildman–Crippen LogP) is 5.96. The number of amides is 2. The van der Waals surface area contributed by atoms with Gasteiger partial charge < -0.3 is 24.8 Å². The van der Waals surface area contributed by atoms with Crippen molar-refractivity contribution in [3.05, 3.63) is 123 Å². The second-order valence-electron chi connectivity index (χ2n) is 13.1. The molecule has 6 rings (SSSR count). The summed E-state index contributed by atoms with van der Waals surface area (Å²) in [6, 6.07) is 26.3. The number of ether oxygens (including phenoxy) is 1. The van der Waals surface area contributed by atoms with Crippen LogP contribution in [0.25, 0.3) is 0 Å². The van der Waals surface area contributed by atoms with Crippen molar-refractivity contribution in [3.63, 3.8) is 0 Å². The monoisotopic (exact) mass is 604 g/mol. The molecule has 1 aromatic heterocycles. The molecule has 45 heavy (non-hydrogen) atoms. The van der Waals surface area contributed by atoms with Gasteiger partial charge in [-0.1, -0.05) is 51.1 Å². The first kappa shape index (κ1) is 30.2. The maximum Gasteiger partial charge on any atom is 0.255 e. The van der Waals surface area contributed by atoms with Crippen LogP contribution in [0.3, 0.4) is 0 Å². The van der Waals surface area contributed by atoms with Crippen molar-refractivity contribution in [3.8, 4) is 5.75 Å². The number of fused-ring (bicyclic) bond motifs is 4. The van der Waals surface area contributed by atoms with Gasteiger partial charge >= 0.3 is 0 Å². The molecular formula is C37H40N4O4. The SMILES string of the molecule is COc1ccc(CNC(=O)c2ccc(N3C[C@H]4C[C@@H](C3)c3cccc(=O)n3C4)c(NC(=O)c3ccc(C(C)(C)C)cc3)c2)cc1. The number of piperidine rings is 1. The summed E-state index contributed by atoms with van der Waals surface area (Å²) < 4.78 is 7.14. The lowest BCUT2D eigenvalue weighted by Crippen LogP contribution is -2.47. The molecular weight excluding hydrogens is 564 g/mol. The maximum absolute atomic E-state index is 13.6. The normalized spacial score (nSPS) is 17.3. The van der Waals surface area contributed by atoms with Crippen LogP contribution in [0.2, 0.25) is 0 Å². The first-order valence-electron chi connectivity index (χ1n) is 15.5. The van der Waals surface area contributed by atoms with E-state index in [2.05, 4.69) is 36.3 Å². The number of hydrogen-bond acceptors (Lipinski definition) is 5. The van der Waals surface area contributed by atoms with Crippen LogP contribution in [-0.4, -0.2) is 36.6 Å². The molecule has 2 aliphatic heterocycles. The molecule has 0 aliphatic carbocycles. The number of anilines is 2. The molecule has 2 N–H and O–H groups in total. The summed E-state index contributed by atoms with van der Waals surface area (Å²) in [5.41, 5.74) is 5.64. The fourth-order valence-corrected chi connectivity index (χ4v) is 6.49. The molecule has 0 saturated carbocycles. The second-order valence-corrected chi connectivity index (χ2v) is 13.1. The van der Waals surface area contributed by atoms with Gasteiger partial charge in [0, 0.05) is 55.0 Å². The van der Waals surface area contributed by atoms with Crippen LogP contribution in [0.15, 0.2) is 89.7 Å². The minimum absolute atomic E-state index is 0.0221. The quantitative estimate of drug-likeness (QED) is 0.272. The Labute approximate surface area is 264 Å². The van der Waals surface area contributed by atoms with E-state index in [4.69, 9.17) is 4.74 Å². The average Bonchev–Trinajstić information content (AvgIpc) is 3.04. The summed E-state index contributed by atoms with van der Waals surface area (Å²) in [5.74, 6) is 0.795. The molecule has 2 aliphatic rings. The van der Waals surface area contributed by atoms with Crippen molar-refractivity contribution < 1.29 is 14.3 Å². The summed E-state index contributed by atoms with van der Waals surface area (Å²) in [6.45, 7) is 8.93. The number of carbonyl (C=O) groups excluding carboxylic acids is 2. The number of methoxy groups -OCH3 is 1. The lowest BCUT2D eigenvalue weighted by molar-refractivity contribution is 0.0949. The summed E-state index contributed by atoms with van der Waals surface area (Å²) >= 11 is 0. The topological polar surface area (TPSA) is 92.7 Å². The summed E-state index contributed by atoms with van der Waals surface area (Å²) in [5, 5.41) is 6.12. The van der Waals surface area contributed by atoms with Crippen LogP contribution in [0.4, 0.5) is 11.4 Å². The Morgan fingerprint density at radius 2 is 1.60 bits per heavy atom. The Kier molecular flexibility index (Phi) is 8.23. The average molecular weight is 605 g/mol. The van der Waals surface area contributed by atoms with Gasteiger partial charge in [-0.2, -0.15) is 0 Å². The highest BCUT2D eigenvalue weighted by Gasteiger charge is 2.35. The largest absolute Gasteiger partial charge is 0.497 e. The first-order valence-corrected chi connectivity index (χ1v) is 15.5. The summed E-state index contributed by atoms with van der Waals surface area (Å²) in [4.78, 5) is 41.7. The van der Waals surface area contributed by atoms with E-state index in [1.165, 1.54) is 0 Å². The highest BCUT2D eigenvalue weighted by Crippen LogP contribution is 2.39. The van der Waals surface area contributed by atoms with E-state index in [0.29, 0.717) is 42.4 Å². The fourth-order valence-electron chi connectivity index (χ4n) is 6.49. The Morgan fingerprint density at radius 1 is 0.867 bits per heavy atom. The standard InChI is InChI=1S/C37H40N4O4/c1-37(2,3)29-13-10-26(11-14-29)36(44)39-31-19-27(35(43)38-20-24-8-15-30(45-4)16-9-24)12-17-33(31)40-21-25-18-28(23-40)32-6-5-7-34(42)41(32)22-25/h5-17,19,25,28H,18,20-23H2,1-4H3,(H,38,43)(H,39,44)/t25-,28+/m1/s1. The molecule has 0 radical (unpaired) electrons. The van der Waals surface area contributed by atoms with Crippen molar-refractivity contribution in [1.82, 2.24) is 9.88 Å². The molecule has 3 aromatic carbocycles. The second kappa shape index (κ2) is 12.3. The van der Waals surface area contributed by atoms with Gasteiger partial charge in [-0.05, 0) is 77.4 Å². The van der Waals surface area contributed by atoms with Gasteiger partial charge in [-0.25, -0.2) is 0 Å². The molecule has 2 amide bonds. The number of nitrogens with one attached hydrogen (secondary N) is 2. The number of pyridine rings is 1. The number of rotatable bonds is 7. The zero-order chi connectivity index (χ0) is 31.7. The maximum atomic E-state index is 13.6. The van der Waals surface area contributed by atoms with Crippen molar-refractivity contribution in [1.29, 1.82) is 0 Å². The Hall–Kier alpha value is -4.85. The molecule has 2 bridgehead atoms. The van der Waals surface area contributed by atoms with E-state index in [1.807, 2.05) is 77.4 Å². The van der Waals surface area contributed by atoms with E-state index >= 15 is 0 Å². The first-order chi connectivity index (χ1) is 21.6. The van der Waals surface area contributed by atoms with Gasteiger partial charge in [0.25, 0.3) is 17.4 Å². The van der Waals surface area contributed by atoms with Gasteiger partial charge in [0.2, 0.25) is 0 Å². The van der Waals surface area contributed by atoms with Crippen LogP contribution < -0.4 is 25.8 Å². The van der Waals surface area contributed by atoms with Crippen LogP contribution in [0.1, 0.15) is 70.6 Å². The van der Waals surface area contributed by atoms with E-state index in [9.17, 15) is 14.4 Å². The number of nitrogens with zero attached hydrogens (tertiary/aromatic N) is 2. The molecule has 2 atom stereocenters. The third kappa shape index (κ3) is 6.50. The molecule has 1 fully saturated rings. The lowest BCUT2D eigenvalue weighted by Gasteiger charge is -2.44. The van der Waals surface area contributed by atoms with E-state index < -0.39 is 0 Å². The molecule has 4 aromatic rings. The number of benzene rings is 3. The zero-order valence-electron chi connectivity index (χ0n) is 26.3. The van der Waals surface area contributed by atoms with Crippen molar-refractivity contribution in [2.24, 2.45) is 5.92 Å². The Balaban J connectivity index is 1.27. The molecule has 0 spiro atoms. The highest BCUT2D eigenvalue weighted by atomic mass is 16.5. The molecule has 8 heteroatoms. The Bertz CT molecular complexity index is 1770. The molecule has 3 heterocycles. The van der Waals surface area contributed by atoms with Crippen LogP contribution >= 0.6 is 0 Å². The smallest absolute Gasteiger partial charge is 0.255 e. The van der Waals surface area contributed by atoms with Gasteiger partial charge in [0.15, 0.2) is 0 Å². The number of aromatic nitrogens is 1. The minimum Gasteiger partial charge on any atom is -0.497 e.